The lowest BCUT2D eigenvalue weighted by atomic mass is 10.1. The Morgan fingerprint density at radius 2 is 1.92 bits per heavy atom. The number of carbonyl (C=O) groups is 1. The van der Waals surface area contributed by atoms with E-state index >= 15 is 0 Å². The summed E-state index contributed by atoms with van der Waals surface area (Å²) in [5.41, 5.74) is -0.481. The second kappa shape index (κ2) is 6.60. The van der Waals surface area contributed by atoms with Crippen LogP contribution in [0.25, 0.3) is 0 Å². The number of nitrogens with one attached hydrogen (secondary N) is 2. The topological polar surface area (TPSA) is 119 Å². The predicted octanol–water partition coefficient (Wildman–Crippen LogP) is 0.508. The maximum Gasteiger partial charge on any atom is 0.328 e. The molecule has 0 unspecified atom stereocenters. The van der Waals surface area contributed by atoms with E-state index in [0.29, 0.717) is 18.6 Å². The molecule has 24 heavy (non-hydrogen) atoms. The number of urea groups is 1. The van der Waals surface area contributed by atoms with E-state index in [1.807, 2.05) is 4.72 Å². The quantitative estimate of drug-likeness (QED) is 0.716. The van der Waals surface area contributed by atoms with Gasteiger partial charge in [0.25, 0.3) is 10.0 Å². The van der Waals surface area contributed by atoms with Crippen LogP contribution in [-0.2, 0) is 19.9 Å². The summed E-state index contributed by atoms with van der Waals surface area (Å²) >= 11 is 0. The first kappa shape index (κ1) is 18.5. The van der Waals surface area contributed by atoms with Gasteiger partial charge in [0, 0.05) is 24.3 Å². The number of rotatable bonds is 7. The van der Waals surface area contributed by atoms with Crippen LogP contribution in [0.4, 0.5) is 4.79 Å². The summed E-state index contributed by atoms with van der Waals surface area (Å²) in [7, 11) is -5.79. The molecule has 0 heterocycles. The maximum absolute atomic E-state index is 12.2. The Bertz CT molecular complexity index is 829. The first-order chi connectivity index (χ1) is 11.1. The van der Waals surface area contributed by atoms with Gasteiger partial charge in [0.2, 0.25) is 0 Å². The van der Waals surface area contributed by atoms with Gasteiger partial charge in [-0.2, -0.15) is 0 Å². The first-order valence-electron chi connectivity index (χ1n) is 7.18. The monoisotopic (exact) mass is 376 g/mol. The van der Waals surface area contributed by atoms with E-state index in [2.05, 4.69) is 5.32 Å². The fraction of sp³-hybridized carbons (Fsp3) is 0.500. The van der Waals surface area contributed by atoms with Crippen LogP contribution in [0.5, 0.6) is 5.75 Å². The Hall–Kier alpha value is -1.81. The standard InChI is InChI=1S/C14H20N2O6S2/c1-22-11-4-3-5-12(8-11)24(20,21)16-13(17)15-9-14(6-7-14)10-23(2,18)19/h3-5,8H,6-7,9-10H2,1-2H3,(H2,15,16,17). The summed E-state index contributed by atoms with van der Waals surface area (Å²) in [4.78, 5) is 11.7. The molecular formula is C14H20N2O6S2. The van der Waals surface area contributed by atoms with Gasteiger partial charge in [-0.3, -0.25) is 0 Å². The van der Waals surface area contributed by atoms with Crippen molar-refractivity contribution in [3.63, 3.8) is 0 Å². The van der Waals surface area contributed by atoms with Crippen molar-refractivity contribution in [3.8, 4) is 5.75 Å². The van der Waals surface area contributed by atoms with E-state index in [-0.39, 0.29) is 17.2 Å². The molecule has 134 valence electrons. The van der Waals surface area contributed by atoms with E-state index in [1.165, 1.54) is 25.3 Å². The second-order valence-corrected chi connectivity index (χ2v) is 9.86. The number of carbonyl (C=O) groups excluding carboxylic acids is 1. The molecule has 1 aromatic rings. The molecule has 0 spiro atoms. The molecule has 0 bridgehead atoms. The highest BCUT2D eigenvalue weighted by Crippen LogP contribution is 2.45. The zero-order valence-corrected chi connectivity index (χ0v) is 15.0. The van der Waals surface area contributed by atoms with Crippen molar-refractivity contribution in [2.45, 2.75) is 17.7 Å². The number of ether oxygens (including phenoxy) is 1. The highest BCUT2D eigenvalue weighted by atomic mass is 32.2. The number of benzene rings is 1. The highest BCUT2D eigenvalue weighted by Gasteiger charge is 2.45. The van der Waals surface area contributed by atoms with Crippen LogP contribution in [0.1, 0.15) is 12.8 Å². The Balaban J connectivity index is 1.96. The maximum atomic E-state index is 12.2. The molecule has 2 amide bonds. The van der Waals surface area contributed by atoms with Crippen molar-refractivity contribution in [1.82, 2.24) is 10.0 Å². The van der Waals surface area contributed by atoms with Gasteiger partial charge in [0.05, 0.1) is 17.8 Å². The Morgan fingerprint density at radius 1 is 1.25 bits per heavy atom. The van der Waals surface area contributed by atoms with Crippen molar-refractivity contribution in [3.05, 3.63) is 24.3 Å². The van der Waals surface area contributed by atoms with Gasteiger partial charge in [-0.25, -0.2) is 26.4 Å². The van der Waals surface area contributed by atoms with Crippen molar-refractivity contribution in [1.29, 1.82) is 0 Å². The van der Waals surface area contributed by atoms with E-state index in [1.54, 1.807) is 6.07 Å². The molecule has 1 aliphatic rings. The smallest absolute Gasteiger partial charge is 0.328 e. The van der Waals surface area contributed by atoms with Crippen LogP contribution in [0.15, 0.2) is 29.2 Å². The fourth-order valence-corrected chi connectivity index (χ4v) is 4.82. The number of sulfonamides is 1. The molecule has 0 aliphatic heterocycles. The van der Waals surface area contributed by atoms with Gasteiger partial charge >= 0.3 is 6.03 Å². The minimum Gasteiger partial charge on any atom is -0.497 e. The van der Waals surface area contributed by atoms with E-state index < -0.39 is 31.3 Å². The Labute approximate surface area is 141 Å². The Morgan fingerprint density at radius 3 is 2.46 bits per heavy atom. The first-order valence-corrected chi connectivity index (χ1v) is 10.7. The summed E-state index contributed by atoms with van der Waals surface area (Å²) in [5, 5.41) is 2.44. The third-order valence-electron chi connectivity index (χ3n) is 3.73. The van der Waals surface area contributed by atoms with Crippen molar-refractivity contribution < 1.29 is 26.4 Å². The highest BCUT2D eigenvalue weighted by molar-refractivity contribution is 7.90. The largest absolute Gasteiger partial charge is 0.497 e. The van der Waals surface area contributed by atoms with Crippen molar-refractivity contribution >= 4 is 25.9 Å². The molecule has 2 N–H and O–H groups in total. The summed E-state index contributed by atoms with van der Waals surface area (Å²) in [6.07, 6.45) is 2.51. The third kappa shape index (κ3) is 5.10. The number of amides is 2. The van der Waals surface area contributed by atoms with Crippen molar-refractivity contribution in [2.24, 2.45) is 5.41 Å². The average Bonchev–Trinajstić information content (AvgIpc) is 3.23. The average molecular weight is 376 g/mol. The summed E-state index contributed by atoms with van der Waals surface area (Å²) in [6.45, 7) is 0.111. The zero-order valence-electron chi connectivity index (χ0n) is 13.4. The molecular weight excluding hydrogens is 356 g/mol. The molecule has 10 heteroatoms. The molecule has 2 rings (SSSR count). The molecule has 0 saturated heterocycles. The van der Waals surface area contributed by atoms with Gasteiger partial charge in [0.1, 0.15) is 15.6 Å². The van der Waals surface area contributed by atoms with Gasteiger partial charge in [-0.05, 0) is 25.0 Å². The number of sulfone groups is 1. The van der Waals surface area contributed by atoms with Crippen LogP contribution in [0, 0.1) is 5.41 Å². The van der Waals surface area contributed by atoms with Crippen LogP contribution in [-0.4, -0.2) is 48.5 Å². The van der Waals surface area contributed by atoms with Gasteiger partial charge < -0.3 is 10.1 Å². The fourth-order valence-electron chi connectivity index (χ4n) is 2.36. The second-order valence-electron chi connectivity index (χ2n) is 6.04. The van der Waals surface area contributed by atoms with Crippen LogP contribution in [0.3, 0.4) is 0 Å². The van der Waals surface area contributed by atoms with E-state index in [9.17, 15) is 21.6 Å². The molecule has 8 nitrogen and oxygen atoms in total. The SMILES string of the molecule is COc1cccc(S(=O)(=O)NC(=O)NCC2(CS(C)(=O)=O)CC2)c1. The molecule has 1 aliphatic carbocycles. The molecule has 1 fully saturated rings. The number of hydrogen-bond acceptors (Lipinski definition) is 6. The van der Waals surface area contributed by atoms with Gasteiger partial charge in [-0.15, -0.1) is 0 Å². The van der Waals surface area contributed by atoms with Gasteiger partial charge in [0.15, 0.2) is 0 Å². The summed E-state index contributed by atoms with van der Waals surface area (Å²) in [6, 6.07) is 4.82. The van der Waals surface area contributed by atoms with Crippen LogP contribution < -0.4 is 14.8 Å². The lowest BCUT2D eigenvalue weighted by Crippen LogP contribution is -2.42. The number of methoxy groups -OCH3 is 1. The number of hydrogen-bond donors (Lipinski definition) is 2. The zero-order chi connectivity index (χ0) is 18.0. The lowest BCUT2D eigenvalue weighted by molar-refractivity contribution is 0.243. The summed E-state index contributed by atoms with van der Waals surface area (Å²) < 4.78 is 53.9. The minimum atomic E-state index is -4.03. The van der Waals surface area contributed by atoms with Crippen molar-refractivity contribution in [2.75, 3.05) is 25.7 Å². The molecule has 1 aromatic carbocycles. The van der Waals surface area contributed by atoms with Crippen LogP contribution in [0.2, 0.25) is 0 Å². The summed E-state index contributed by atoms with van der Waals surface area (Å²) in [5.74, 6) is 0.325. The Kier molecular flexibility index (Phi) is 5.09. The molecule has 0 aromatic heterocycles. The van der Waals surface area contributed by atoms with Gasteiger partial charge in [-0.1, -0.05) is 6.07 Å². The lowest BCUT2D eigenvalue weighted by Gasteiger charge is -2.15. The van der Waals surface area contributed by atoms with Crippen LogP contribution >= 0.6 is 0 Å². The third-order valence-corrected chi connectivity index (χ3v) is 6.19. The molecule has 0 atom stereocenters. The van der Waals surface area contributed by atoms with E-state index in [4.69, 9.17) is 4.74 Å². The van der Waals surface area contributed by atoms with E-state index in [0.717, 1.165) is 6.26 Å². The normalized spacial score (nSPS) is 16.2. The molecule has 0 radical (unpaired) electrons. The predicted molar refractivity (Wildman–Crippen MR) is 88.1 cm³/mol. The minimum absolute atomic E-state index is 0.0249. The molecule has 1 saturated carbocycles.